The number of benzene rings is 2. The number of fused-ring (bicyclic) bond motifs is 1. The van der Waals surface area contributed by atoms with Gasteiger partial charge >= 0.3 is 5.97 Å². The van der Waals surface area contributed by atoms with Gasteiger partial charge in [-0.3, -0.25) is 9.59 Å². The van der Waals surface area contributed by atoms with Crippen molar-refractivity contribution < 1.29 is 27.6 Å². The summed E-state index contributed by atoms with van der Waals surface area (Å²) in [5.41, 5.74) is 0.982. The van der Waals surface area contributed by atoms with E-state index in [1.807, 2.05) is 0 Å². The van der Waals surface area contributed by atoms with Gasteiger partial charge in [0.05, 0.1) is 21.6 Å². The highest BCUT2D eigenvalue weighted by Gasteiger charge is 2.39. The highest BCUT2D eigenvalue weighted by molar-refractivity contribution is 7.89. The van der Waals surface area contributed by atoms with Crippen LogP contribution in [0.1, 0.15) is 42.2 Å². The lowest BCUT2D eigenvalue weighted by atomic mass is 10.1. The average Bonchev–Trinajstić information content (AvgIpc) is 2.81. The number of carbonyl (C=O) groups excluding carboxylic acids is 3. The number of aryl methyl sites for hydroxylation is 1. The molecule has 2 aromatic rings. The minimum atomic E-state index is -4.06. The molecule has 0 saturated carbocycles. The summed E-state index contributed by atoms with van der Waals surface area (Å²) < 4.78 is 23.4. The molecule has 1 heterocycles. The quantitative estimate of drug-likeness (QED) is 0.808. The number of sulfonamides is 1. The Morgan fingerprint density at radius 3 is 2.08 bits per heavy atom. The standard InChI is InChI=1S/C17H14N2O6S/c1-9-7-11(8-14(10(9)2)26(18,23)24)17(22)25-19-15(20)12-5-3-4-6-13(12)16(19)21/h3-8H,1-2H3,(H2,18,23,24). The molecule has 8 nitrogen and oxygen atoms in total. The van der Waals surface area contributed by atoms with Crippen molar-refractivity contribution in [3.8, 4) is 0 Å². The van der Waals surface area contributed by atoms with E-state index in [1.54, 1.807) is 26.0 Å². The monoisotopic (exact) mass is 374 g/mol. The van der Waals surface area contributed by atoms with E-state index in [2.05, 4.69) is 0 Å². The summed E-state index contributed by atoms with van der Waals surface area (Å²) >= 11 is 0. The van der Waals surface area contributed by atoms with E-state index in [1.165, 1.54) is 18.2 Å². The lowest BCUT2D eigenvalue weighted by molar-refractivity contribution is -0.0584. The summed E-state index contributed by atoms with van der Waals surface area (Å²) in [6.45, 7) is 3.15. The summed E-state index contributed by atoms with van der Waals surface area (Å²) in [6.07, 6.45) is 0. The van der Waals surface area contributed by atoms with Gasteiger partial charge in [-0.1, -0.05) is 17.2 Å². The maximum Gasteiger partial charge on any atom is 0.364 e. The van der Waals surface area contributed by atoms with Crippen LogP contribution in [0.25, 0.3) is 0 Å². The number of carbonyl (C=O) groups is 3. The maximum atomic E-state index is 12.4. The number of amides is 2. The third-order valence-electron chi connectivity index (χ3n) is 4.09. The zero-order chi connectivity index (χ0) is 19.2. The number of primary sulfonamides is 1. The molecule has 1 aliphatic heterocycles. The second-order valence-electron chi connectivity index (χ2n) is 5.79. The Hall–Kier alpha value is -3.04. The number of hydrogen-bond acceptors (Lipinski definition) is 6. The molecule has 0 spiro atoms. The Balaban J connectivity index is 1.94. The van der Waals surface area contributed by atoms with E-state index >= 15 is 0 Å². The van der Waals surface area contributed by atoms with Gasteiger partial charge in [0.15, 0.2) is 0 Å². The minimum absolute atomic E-state index is 0.121. The molecule has 26 heavy (non-hydrogen) atoms. The Morgan fingerprint density at radius 2 is 1.58 bits per heavy atom. The van der Waals surface area contributed by atoms with Crippen molar-refractivity contribution in [3.63, 3.8) is 0 Å². The molecule has 0 aliphatic carbocycles. The molecule has 134 valence electrons. The first-order valence-electron chi connectivity index (χ1n) is 7.45. The van der Waals surface area contributed by atoms with Gasteiger partial charge in [-0.15, -0.1) is 0 Å². The Labute approximate surface area is 149 Å². The Morgan fingerprint density at radius 1 is 1.04 bits per heavy atom. The van der Waals surface area contributed by atoms with Gasteiger partial charge in [-0.05, 0) is 49.2 Å². The van der Waals surface area contributed by atoms with Gasteiger partial charge in [-0.25, -0.2) is 18.4 Å². The van der Waals surface area contributed by atoms with Gasteiger partial charge < -0.3 is 4.84 Å². The predicted molar refractivity (Wildman–Crippen MR) is 89.6 cm³/mol. The second kappa shape index (κ2) is 6.04. The van der Waals surface area contributed by atoms with E-state index in [4.69, 9.17) is 9.98 Å². The van der Waals surface area contributed by atoms with Gasteiger partial charge in [0, 0.05) is 0 Å². The molecule has 0 radical (unpaired) electrons. The number of nitrogens with zero attached hydrogens (tertiary/aromatic N) is 1. The van der Waals surface area contributed by atoms with Crippen LogP contribution in [0.3, 0.4) is 0 Å². The number of rotatable bonds is 3. The van der Waals surface area contributed by atoms with Gasteiger partial charge in [-0.2, -0.15) is 0 Å². The summed E-state index contributed by atoms with van der Waals surface area (Å²) in [5.74, 6) is -2.59. The summed E-state index contributed by atoms with van der Waals surface area (Å²) in [6, 6.07) is 8.49. The summed E-state index contributed by atoms with van der Waals surface area (Å²) in [5, 5.41) is 5.52. The summed E-state index contributed by atoms with van der Waals surface area (Å²) in [4.78, 5) is 41.5. The normalized spacial score (nSPS) is 13.7. The second-order valence-corrected chi connectivity index (χ2v) is 7.32. The maximum absolute atomic E-state index is 12.4. The van der Waals surface area contributed by atoms with E-state index in [0.717, 1.165) is 6.07 Å². The van der Waals surface area contributed by atoms with Crippen LogP contribution in [0.5, 0.6) is 0 Å². The summed E-state index contributed by atoms with van der Waals surface area (Å²) in [7, 11) is -4.06. The van der Waals surface area contributed by atoms with Crippen molar-refractivity contribution in [1.82, 2.24) is 5.06 Å². The van der Waals surface area contributed by atoms with Crippen molar-refractivity contribution in [2.45, 2.75) is 18.7 Å². The van der Waals surface area contributed by atoms with Crippen LogP contribution in [-0.4, -0.2) is 31.3 Å². The molecule has 0 aromatic heterocycles. The van der Waals surface area contributed by atoms with Crippen LogP contribution in [0.15, 0.2) is 41.3 Å². The van der Waals surface area contributed by atoms with Crippen LogP contribution >= 0.6 is 0 Å². The van der Waals surface area contributed by atoms with Gasteiger partial charge in [0.2, 0.25) is 10.0 Å². The fourth-order valence-electron chi connectivity index (χ4n) is 2.63. The molecule has 0 atom stereocenters. The SMILES string of the molecule is Cc1cc(C(=O)ON2C(=O)c3ccccc3C2=O)cc(S(N)(=O)=O)c1C. The van der Waals surface area contributed by atoms with E-state index in [9.17, 15) is 22.8 Å². The lowest BCUT2D eigenvalue weighted by Crippen LogP contribution is -2.32. The molecule has 0 fully saturated rings. The minimum Gasteiger partial charge on any atom is -0.324 e. The molecule has 9 heteroatoms. The molecule has 0 bridgehead atoms. The number of hydroxylamine groups is 2. The Kier molecular flexibility index (Phi) is 4.13. The average molecular weight is 374 g/mol. The smallest absolute Gasteiger partial charge is 0.324 e. The fraction of sp³-hybridized carbons (Fsp3) is 0.118. The van der Waals surface area contributed by atoms with Gasteiger partial charge in [0.25, 0.3) is 11.8 Å². The number of imide groups is 1. The lowest BCUT2D eigenvalue weighted by Gasteiger charge is -2.14. The highest BCUT2D eigenvalue weighted by atomic mass is 32.2. The molecule has 2 N–H and O–H groups in total. The molecule has 2 amide bonds. The van der Waals surface area contributed by atoms with Crippen LogP contribution in [-0.2, 0) is 14.9 Å². The first-order valence-corrected chi connectivity index (χ1v) is 9.00. The fourth-order valence-corrected chi connectivity index (χ4v) is 3.51. The largest absolute Gasteiger partial charge is 0.364 e. The molecule has 0 unspecified atom stereocenters. The van der Waals surface area contributed by atoms with E-state index in [0.29, 0.717) is 16.2 Å². The zero-order valence-corrected chi connectivity index (χ0v) is 14.7. The van der Waals surface area contributed by atoms with Crippen molar-refractivity contribution in [1.29, 1.82) is 0 Å². The molecule has 3 rings (SSSR count). The van der Waals surface area contributed by atoms with Crippen LogP contribution in [0.4, 0.5) is 0 Å². The van der Waals surface area contributed by atoms with Crippen molar-refractivity contribution >= 4 is 27.8 Å². The van der Waals surface area contributed by atoms with Crippen molar-refractivity contribution in [2.24, 2.45) is 5.14 Å². The first-order chi connectivity index (χ1) is 12.1. The highest BCUT2D eigenvalue weighted by Crippen LogP contribution is 2.25. The van der Waals surface area contributed by atoms with Crippen LogP contribution in [0.2, 0.25) is 0 Å². The predicted octanol–water partition coefficient (Wildman–Crippen LogP) is 1.32. The van der Waals surface area contributed by atoms with Crippen LogP contribution < -0.4 is 5.14 Å². The number of hydrogen-bond donors (Lipinski definition) is 1. The molecule has 1 aliphatic rings. The van der Waals surface area contributed by atoms with Crippen molar-refractivity contribution in [3.05, 3.63) is 64.2 Å². The topological polar surface area (TPSA) is 124 Å². The molecular weight excluding hydrogens is 360 g/mol. The van der Waals surface area contributed by atoms with Gasteiger partial charge in [0.1, 0.15) is 0 Å². The van der Waals surface area contributed by atoms with Crippen LogP contribution in [0, 0.1) is 13.8 Å². The molecule has 0 saturated heterocycles. The van der Waals surface area contributed by atoms with E-state index in [-0.39, 0.29) is 21.6 Å². The number of nitrogens with two attached hydrogens (primary N) is 1. The third-order valence-corrected chi connectivity index (χ3v) is 5.13. The molecular formula is C17H14N2O6S. The molecule has 2 aromatic carbocycles. The zero-order valence-electron chi connectivity index (χ0n) is 13.8. The van der Waals surface area contributed by atoms with Crippen molar-refractivity contribution in [2.75, 3.05) is 0 Å². The van der Waals surface area contributed by atoms with E-state index < -0.39 is 27.8 Å². The Bertz CT molecular complexity index is 1040. The first kappa shape index (κ1) is 17.8. The third kappa shape index (κ3) is 2.87.